The minimum Gasteiger partial charge on any atom is -0.384 e. The Kier molecular flexibility index (Phi) is 4.73. The van der Waals surface area contributed by atoms with Crippen molar-refractivity contribution < 1.29 is 18.3 Å². The molecule has 1 fully saturated rings. The van der Waals surface area contributed by atoms with Crippen LogP contribution in [0.1, 0.15) is 18.4 Å². The fourth-order valence-electron chi connectivity index (χ4n) is 1.92. The van der Waals surface area contributed by atoms with Gasteiger partial charge in [0.05, 0.1) is 6.10 Å². The lowest BCUT2D eigenvalue weighted by atomic mass is 9.90. The minimum atomic E-state index is -3.60. The van der Waals surface area contributed by atoms with E-state index in [1.165, 1.54) is 18.5 Å². The van der Waals surface area contributed by atoms with E-state index in [4.69, 9.17) is 9.84 Å². The third kappa shape index (κ3) is 3.55. The van der Waals surface area contributed by atoms with E-state index in [1.807, 2.05) is 0 Å². The molecule has 0 unspecified atom stereocenters. The molecule has 20 heavy (non-hydrogen) atoms. The van der Waals surface area contributed by atoms with Crippen LogP contribution in [0.4, 0.5) is 0 Å². The first-order valence-corrected chi connectivity index (χ1v) is 7.63. The summed E-state index contributed by atoms with van der Waals surface area (Å²) in [5, 5.41) is 8.63. The number of aliphatic hydroxyl groups is 1. The molecule has 0 radical (unpaired) electrons. The Bertz CT molecular complexity index is 627. The van der Waals surface area contributed by atoms with E-state index in [1.54, 1.807) is 7.11 Å². The molecule has 1 heterocycles. The summed E-state index contributed by atoms with van der Waals surface area (Å²) in [4.78, 5) is 3.93. The largest absolute Gasteiger partial charge is 0.384 e. The maximum Gasteiger partial charge on any atom is 0.242 e. The number of nitrogens with one attached hydrogen (secondary N) is 1. The van der Waals surface area contributed by atoms with Crippen LogP contribution in [0, 0.1) is 11.8 Å². The number of rotatable bonds is 4. The zero-order chi connectivity index (χ0) is 14.6. The second kappa shape index (κ2) is 6.33. The molecule has 6 nitrogen and oxygen atoms in total. The summed E-state index contributed by atoms with van der Waals surface area (Å²) in [7, 11) is -1.98. The number of nitrogens with zero attached hydrogens (tertiary/aromatic N) is 1. The van der Waals surface area contributed by atoms with Crippen molar-refractivity contribution >= 4 is 10.0 Å². The van der Waals surface area contributed by atoms with E-state index < -0.39 is 10.0 Å². The van der Waals surface area contributed by atoms with Crippen LogP contribution in [0.3, 0.4) is 0 Å². The second-order valence-corrected chi connectivity index (χ2v) is 6.23. The monoisotopic (exact) mass is 296 g/mol. The highest BCUT2D eigenvalue weighted by molar-refractivity contribution is 7.89. The van der Waals surface area contributed by atoms with Crippen molar-refractivity contribution in [3.8, 4) is 11.8 Å². The van der Waals surface area contributed by atoms with Gasteiger partial charge in [-0.05, 0) is 18.9 Å². The molecule has 1 aliphatic rings. The van der Waals surface area contributed by atoms with Gasteiger partial charge >= 0.3 is 0 Å². The van der Waals surface area contributed by atoms with Gasteiger partial charge in [0.1, 0.15) is 11.5 Å². The van der Waals surface area contributed by atoms with E-state index in [2.05, 4.69) is 21.5 Å². The van der Waals surface area contributed by atoms with Crippen molar-refractivity contribution in [2.45, 2.75) is 29.9 Å². The summed E-state index contributed by atoms with van der Waals surface area (Å²) in [6.07, 6.45) is 4.20. The molecule has 2 N–H and O–H groups in total. The summed E-state index contributed by atoms with van der Waals surface area (Å²) in [6, 6.07) is 1.34. The van der Waals surface area contributed by atoms with E-state index in [9.17, 15) is 8.42 Å². The first-order valence-electron chi connectivity index (χ1n) is 6.15. The number of ether oxygens (including phenoxy) is 1. The standard InChI is InChI=1S/C13H16N2O4S/c1-19-12-6-11(7-12)15-20(17,18)13-5-10(3-2-4-16)8-14-9-13/h5,8-9,11-12,15-16H,4,6-7H2,1H3. The van der Waals surface area contributed by atoms with Gasteiger partial charge in [0, 0.05) is 31.1 Å². The molecule has 0 saturated heterocycles. The van der Waals surface area contributed by atoms with Gasteiger partial charge in [0.2, 0.25) is 10.0 Å². The molecule has 1 aromatic heterocycles. The third-order valence-electron chi connectivity index (χ3n) is 3.09. The Hall–Kier alpha value is -1.46. The normalized spacial score (nSPS) is 21.7. The molecule has 0 aliphatic heterocycles. The molecule has 1 aromatic rings. The molecule has 1 aliphatic carbocycles. The number of aliphatic hydroxyl groups excluding tert-OH is 1. The molecule has 7 heteroatoms. The molecule has 1 saturated carbocycles. The lowest BCUT2D eigenvalue weighted by molar-refractivity contribution is 0.0236. The van der Waals surface area contributed by atoms with Crippen molar-refractivity contribution in [1.29, 1.82) is 0 Å². The topological polar surface area (TPSA) is 88.5 Å². The maximum absolute atomic E-state index is 12.2. The zero-order valence-corrected chi connectivity index (χ0v) is 11.9. The Morgan fingerprint density at radius 2 is 2.25 bits per heavy atom. The van der Waals surface area contributed by atoms with Crippen LogP contribution in [-0.2, 0) is 14.8 Å². The summed E-state index contributed by atoms with van der Waals surface area (Å²) in [5.41, 5.74) is 0.449. The van der Waals surface area contributed by atoms with Crippen LogP contribution in [0.15, 0.2) is 23.4 Å². The quantitative estimate of drug-likeness (QED) is 0.756. The van der Waals surface area contributed by atoms with Gasteiger partial charge in [0.15, 0.2) is 0 Å². The number of aromatic nitrogens is 1. The highest BCUT2D eigenvalue weighted by atomic mass is 32.2. The first kappa shape index (κ1) is 14.9. The Morgan fingerprint density at radius 1 is 1.50 bits per heavy atom. The lowest BCUT2D eigenvalue weighted by Crippen LogP contribution is -2.47. The van der Waals surface area contributed by atoms with Crippen molar-refractivity contribution in [3.63, 3.8) is 0 Å². The number of methoxy groups -OCH3 is 1. The Morgan fingerprint density at radius 3 is 2.90 bits per heavy atom. The number of pyridine rings is 1. The summed E-state index contributed by atoms with van der Waals surface area (Å²) in [6.45, 7) is -0.282. The van der Waals surface area contributed by atoms with Crippen LogP contribution < -0.4 is 4.72 Å². The van der Waals surface area contributed by atoms with Gasteiger partial charge in [0.25, 0.3) is 0 Å². The van der Waals surface area contributed by atoms with Crippen LogP contribution in [0.2, 0.25) is 0 Å². The van der Waals surface area contributed by atoms with Crippen molar-refractivity contribution in [2.75, 3.05) is 13.7 Å². The van der Waals surface area contributed by atoms with Crippen molar-refractivity contribution in [1.82, 2.24) is 9.71 Å². The molecule has 0 atom stereocenters. The summed E-state index contributed by atoms with van der Waals surface area (Å²) < 4.78 is 32.1. The average Bonchev–Trinajstić information content (AvgIpc) is 2.40. The van der Waals surface area contributed by atoms with Gasteiger partial charge in [-0.3, -0.25) is 4.98 Å². The van der Waals surface area contributed by atoms with Gasteiger partial charge in [-0.2, -0.15) is 0 Å². The highest BCUT2D eigenvalue weighted by Gasteiger charge is 2.32. The van der Waals surface area contributed by atoms with Crippen LogP contribution >= 0.6 is 0 Å². The third-order valence-corrected chi connectivity index (χ3v) is 4.57. The van der Waals surface area contributed by atoms with Crippen molar-refractivity contribution in [3.05, 3.63) is 24.0 Å². The van der Waals surface area contributed by atoms with Crippen LogP contribution in [0.5, 0.6) is 0 Å². The molecular weight excluding hydrogens is 280 g/mol. The predicted molar refractivity (Wildman–Crippen MR) is 72.3 cm³/mol. The molecule has 0 aromatic carbocycles. The number of hydrogen-bond acceptors (Lipinski definition) is 5. The fraction of sp³-hybridized carbons (Fsp3) is 0.462. The molecule has 0 amide bonds. The van der Waals surface area contributed by atoms with Crippen molar-refractivity contribution in [2.24, 2.45) is 0 Å². The first-order chi connectivity index (χ1) is 9.55. The van der Waals surface area contributed by atoms with Gasteiger partial charge in [-0.15, -0.1) is 0 Å². The van der Waals surface area contributed by atoms with E-state index in [0.29, 0.717) is 18.4 Å². The molecule has 0 spiro atoms. The van der Waals surface area contributed by atoms with E-state index >= 15 is 0 Å². The lowest BCUT2D eigenvalue weighted by Gasteiger charge is -2.34. The SMILES string of the molecule is COC1CC(NS(=O)(=O)c2cncc(C#CCO)c2)C1. The molecule has 0 bridgehead atoms. The smallest absolute Gasteiger partial charge is 0.242 e. The average molecular weight is 296 g/mol. The zero-order valence-electron chi connectivity index (χ0n) is 11.0. The van der Waals surface area contributed by atoms with E-state index in [-0.39, 0.29) is 23.6 Å². The molecule has 108 valence electrons. The number of sulfonamides is 1. The van der Waals surface area contributed by atoms with Gasteiger partial charge in [-0.25, -0.2) is 13.1 Å². The van der Waals surface area contributed by atoms with Gasteiger partial charge in [-0.1, -0.05) is 11.8 Å². The fourth-order valence-corrected chi connectivity index (χ4v) is 3.17. The Balaban J connectivity index is 2.09. The highest BCUT2D eigenvalue weighted by Crippen LogP contribution is 2.24. The number of hydrogen-bond donors (Lipinski definition) is 2. The predicted octanol–water partition coefficient (Wildman–Crippen LogP) is -0.119. The van der Waals surface area contributed by atoms with E-state index in [0.717, 1.165) is 0 Å². The summed E-state index contributed by atoms with van der Waals surface area (Å²) >= 11 is 0. The Labute approximate surface area is 118 Å². The maximum atomic E-state index is 12.2. The summed E-state index contributed by atoms with van der Waals surface area (Å²) in [5.74, 6) is 5.08. The van der Waals surface area contributed by atoms with Gasteiger partial charge < -0.3 is 9.84 Å². The van der Waals surface area contributed by atoms with Crippen LogP contribution in [0.25, 0.3) is 0 Å². The second-order valence-electron chi connectivity index (χ2n) is 4.52. The molecular formula is C13H16N2O4S. The minimum absolute atomic E-state index is 0.0723. The molecule has 2 rings (SSSR count). The van der Waals surface area contributed by atoms with Crippen LogP contribution in [-0.4, -0.2) is 44.4 Å².